The van der Waals surface area contributed by atoms with E-state index in [1.54, 1.807) is 0 Å². The van der Waals surface area contributed by atoms with E-state index in [0.29, 0.717) is 12.8 Å². The monoisotopic (exact) mass is 373 g/mol. The van der Waals surface area contributed by atoms with Crippen molar-refractivity contribution < 1.29 is 10.0 Å². The third-order valence-corrected chi connectivity index (χ3v) is 4.31. The Hall–Kier alpha value is -1.31. The van der Waals surface area contributed by atoms with Crippen molar-refractivity contribution >= 4 is 40.0 Å². The molecule has 1 amide bonds. The Bertz CT molecular complexity index is 493. The molecule has 0 aliphatic heterocycles. The predicted octanol–water partition coefficient (Wildman–Crippen LogP) is 2.54. The lowest BCUT2D eigenvalue weighted by Gasteiger charge is -2.25. The summed E-state index contributed by atoms with van der Waals surface area (Å²) in [5.74, 6) is -0.186. The average Bonchev–Trinajstić information content (AvgIpc) is 2.91. The fraction of sp³-hybridized carbons (Fsp3) is 0.385. The van der Waals surface area contributed by atoms with Gasteiger partial charge in [-0.15, -0.1) is 0 Å². The molecule has 0 bridgehead atoms. The van der Waals surface area contributed by atoms with Crippen molar-refractivity contribution in [2.24, 2.45) is 16.3 Å². The third-order valence-electron chi connectivity index (χ3n) is 3.59. The number of amides is 1. The zero-order valence-electron chi connectivity index (χ0n) is 10.4. The number of hydrogen-bond donors (Lipinski definition) is 3. The number of oxime groups is 1. The van der Waals surface area contributed by atoms with Gasteiger partial charge in [0.2, 0.25) is 5.91 Å². The maximum Gasteiger partial charge on any atom is 0.238 e. The molecule has 4 N–H and O–H groups in total. The van der Waals surface area contributed by atoms with Crippen molar-refractivity contribution in [3.05, 3.63) is 27.8 Å². The van der Waals surface area contributed by atoms with Crippen molar-refractivity contribution in [2.45, 2.75) is 25.7 Å². The summed E-state index contributed by atoms with van der Waals surface area (Å²) in [4.78, 5) is 12.4. The molecule has 0 saturated heterocycles. The molecule has 1 aliphatic rings. The molecule has 0 aromatic heterocycles. The second kappa shape index (κ2) is 5.77. The molecule has 1 aliphatic carbocycles. The number of carbonyl (C=O) groups is 1. The zero-order valence-corrected chi connectivity index (χ0v) is 12.6. The van der Waals surface area contributed by atoms with Crippen LogP contribution in [0, 0.1) is 8.99 Å². The minimum absolute atomic E-state index is 0.00742. The van der Waals surface area contributed by atoms with Crippen molar-refractivity contribution in [3.8, 4) is 0 Å². The second-order valence-corrected chi connectivity index (χ2v) is 5.98. The first-order valence-corrected chi connectivity index (χ1v) is 7.21. The molecule has 0 atom stereocenters. The van der Waals surface area contributed by atoms with E-state index in [9.17, 15) is 4.79 Å². The smallest absolute Gasteiger partial charge is 0.238 e. The summed E-state index contributed by atoms with van der Waals surface area (Å²) in [5, 5.41) is 14.8. The predicted molar refractivity (Wildman–Crippen MR) is 82.1 cm³/mol. The molecule has 0 spiro atoms. The van der Waals surface area contributed by atoms with E-state index in [1.807, 2.05) is 24.3 Å². The van der Waals surface area contributed by atoms with Gasteiger partial charge in [-0.3, -0.25) is 4.79 Å². The zero-order chi connectivity index (χ0) is 13.9. The van der Waals surface area contributed by atoms with Crippen LogP contribution in [-0.2, 0) is 4.79 Å². The number of anilines is 1. The van der Waals surface area contributed by atoms with Gasteiger partial charge in [-0.1, -0.05) is 18.0 Å². The van der Waals surface area contributed by atoms with Crippen LogP contribution in [0.1, 0.15) is 25.7 Å². The van der Waals surface area contributed by atoms with E-state index >= 15 is 0 Å². The van der Waals surface area contributed by atoms with Gasteiger partial charge in [0.05, 0.1) is 0 Å². The Balaban J connectivity index is 2.19. The molecule has 19 heavy (non-hydrogen) atoms. The molecule has 1 saturated carbocycles. The van der Waals surface area contributed by atoms with Gasteiger partial charge >= 0.3 is 0 Å². The van der Waals surface area contributed by atoms with E-state index in [0.717, 1.165) is 22.1 Å². The fourth-order valence-electron chi connectivity index (χ4n) is 2.46. The highest BCUT2D eigenvalue weighted by molar-refractivity contribution is 14.1. The third kappa shape index (κ3) is 2.83. The van der Waals surface area contributed by atoms with Gasteiger partial charge in [0.1, 0.15) is 5.41 Å². The van der Waals surface area contributed by atoms with Gasteiger partial charge in [0.25, 0.3) is 0 Å². The largest absolute Gasteiger partial charge is 0.409 e. The van der Waals surface area contributed by atoms with Gasteiger partial charge in [-0.05, 0) is 59.7 Å². The first kappa shape index (κ1) is 14.1. The summed E-state index contributed by atoms with van der Waals surface area (Å²) in [6.45, 7) is 0. The minimum Gasteiger partial charge on any atom is -0.409 e. The molecule has 0 unspecified atom stereocenters. The Kier molecular flexibility index (Phi) is 4.28. The van der Waals surface area contributed by atoms with Crippen molar-refractivity contribution in [1.29, 1.82) is 0 Å². The highest BCUT2D eigenvalue weighted by atomic mass is 127. The lowest BCUT2D eigenvalue weighted by atomic mass is 9.83. The van der Waals surface area contributed by atoms with Crippen LogP contribution >= 0.6 is 22.6 Å². The molecular formula is C13H16IN3O2. The molecule has 0 radical (unpaired) electrons. The topological polar surface area (TPSA) is 87.7 Å². The molecule has 1 fully saturated rings. The number of hydrogen-bond acceptors (Lipinski definition) is 3. The molecule has 6 heteroatoms. The average molecular weight is 373 g/mol. The van der Waals surface area contributed by atoms with Crippen LogP contribution in [0.4, 0.5) is 5.69 Å². The summed E-state index contributed by atoms with van der Waals surface area (Å²) < 4.78 is 1.10. The number of nitrogens with two attached hydrogens (primary N) is 1. The number of nitrogens with zero attached hydrogens (tertiary/aromatic N) is 1. The maximum absolute atomic E-state index is 12.4. The quantitative estimate of drug-likeness (QED) is 0.250. The summed E-state index contributed by atoms with van der Waals surface area (Å²) in [6.07, 6.45) is 3.07. The van der Waals surface area contributed by atoms with E-state index in [2.05, 4.69) is 33.1 Å². The number of benzene rings is 1. The number of halogens is 1. The highest BCUT2D eigenvalue weighted by Gasteiger charge is 2.45. The van der Waals surface area contributed by atoms with Crippen LogP contribution in [-0.4, -0.2) is 17.0 Å². The first-order chi connectivity index (χ1) is 9.08. The van der Waals surface area contributed by atoms with Crippen LogP contribution < -0.4 is 11.1 Å². The van der Waals surface area contributed by atoms with Crippen molar-refractivity contribution in [3.63, 3.8) is 0 Å². The Morgan fingerprint density at radius 3 is 2.42 bits per heavy atom. The molecule has 102 valence electrons. The normalized spacial score (nSPS) is 18.3. The van der Waals surface area contributed by atoms with Gasteiger partial charge in [-0.25, -0.2) is 0 Å². The van der Waals surface area contributed by atoms with Crippen LogP contribution in [0.2, 0.25) is 0 Å². The first-order valence-electron chi connectivity index (χ1n) is 6.13. The van der Waals surface area contributed by atoms with E-state index < -0.39 is 5.41 Å². The molecule has 1 aromatic rings. The number of carbonyl (C=O) groups excluding carboxylic acids is 1. The summed E-state index contributed by atoms with van der Waals surface area (Å²) >= 11 is 2.20. The molecule has 1 aromatic carbocycles. The van der Waals surface area contributed by atoms with E-state index in [4.69, 9.17) is 10.9 Å². The van der Waals surface area contributed by atoms with E-state index in [1.165, 1.54) is 0 Å². The van der Waals surface area contributed by atoms with Crippen molar-refractivity contribution in [1.82, 2.24) is 0 Å². The Morgan fingerprint density at radius 2 is 1.89 bits per heavy atom. The lowest BCUT2D eigenvalue weighted by Crippen LogP contribution is -2.45. The lowest BCUT2D eigenvalue weighted by molar-refractivity contribution is -0.122. The molecule has 5 nitrogen and oxygen atoms in total. The maximum atomic E-state index is 12.4. The van der Waals surface area contributed by atoms with Crippen LogP contribution in [0.5, 0.6) is 0 Å². The fourth-order valence-corrected chi connectivity index (χ4v) is 2.82. The van der Waals surface area contributed by atoms with Crippen molar-refractivity contribution in [2.75, 3.05) is 5.32 Å². The summed E-state index contributed by atoms with van der Waals surface area (Å²) in [7, 11) is 0. The highest BCUT2D eigenvalue weighted by Crippen LogP contribution is 2.39. The second-order valence-electron chi connectivity index (χ2n) is 4.74. The number of rotatable bonds is 3. The van der Waals surface area contributed by atoms with Gasteiger partial charge in [0, 0.05) is 9.26 Å². The van der Waals surface area contributed by atoms with Crippen LogP contribution in [0.3, 0.4) is 0 Å². The SMILES string of the molecule is NC(=NO)C1(C(=O)Nc2ccc(I)cc2)CCCC1. The molecule has 0 heterocycles. The van der Waals surface area contributed by atoms with Crippen LogP contribution in [0.25, 0.3) is 0 Å². The number of amidine groups is 1. The number of nitrogens with one attached hydrogen (secondary N) is 1. The van der Waals surface area contributed by atoms with E-state index in [-0.39, 0.29) is 11.7 Å². The molecule has 2 rings (SSSR count). The minimum atomic E-state index is -0.863. The summed E-state index contributed by atoms with van der Waals surface area (Å²) in [6, 6.07) is 7.52. The Labute approximate surface area is 125 Å². The van der Waals surface area contributed by atoms with Gasteiger partial charge in [-0.2, -0.15) is 0 Å². The Morgan fingerprint density at radius 1 is 1.32 bits per heavy atom. The van der Waals surface area contributed by atoms with Gasteiger partial charge in [0.15, 0.2) is 5.84 Å². The summed E-state index contributed by atoms with van der Waals surface area (Å²) in [5.41, 5.74) is 5.59. The van der Waals surface area contributed by atoms with Crippen LogP contribution in [0.15, 0.2) is 29.4 Å². The molecular weight excluding hydrogens is 357 g/mol. The standard InChI is InChI=1S/C13H16IN3O2/c14-9-3-5-10(6-4-9)16-12(18)13(11(15)17-19)7-1-2-8-13/h3-6,19H,1-2,7-8H2,(H2,15,17)(H,16,18). The van der Waals surface area contributed by atoms with Gasteiger partial charge < -0.3 is 16.3 Å².